The lowest BCUT2D eigenvalue weighted by Crippen LogP contribution is -2.18. The zero-order valence-electron chi connectivity index (χ0n) is 20.7. The molecule has 1 amide bonds. The molecular formula is C29H27N3O4. The van der Waals surface area contributed by atoms with E-state index in [-0.39, 0.29) is 18.5 Å². The minimum atomic E-state index is -0.381. The lowest BCUT2D eigenvalue weighted by atomic mass is 9.99. The van der Waals surface area contributed by atoms with Crippen molar-refractivity contribution in [1.29, 1.82) is 0 Å². The molecule has 0 fully saturated rings. The lowest BCUT2D eigenvalue weighted by molar-refractivity contribution is -0.142. The predicted molar refractivity (Wildman–Crippen MR) is 140 cm³/mol. The van der Waals surface area contributed by atoms with Crippen molar-refractivity contribution in [3.8, 4) is 17.0 Å². The number of carbonyl (C=O) groups excluding carboxylic acids is 2. The molecule has 1 heterocycles. The van der Waals surface area contributed by atoms with E-state index in [1.807, 2.05) is 50.2 Å². The SMILES string of the molecule is COc1ccc(C=NNC(=O)c2cc(-c3ccc(C)cc3C)nc3ccccc23)cc1COC(C)=O. The fraction of sp³-hybridized carbons (Fsp3) is 0.172. The highest BCUT2D eigenvalue weighted by Crippen LogP contribution is 2.28. The number of methoxy groups -OCH3 is 1. The van der Waals surface area contributed by atoms with Crippen LogP contribution in [0.5, 0.6) is 5.75 Å². The summed E-state index contributed by atoms with van der Waals surface area (Å²) in [5, 5.41) is 4.90. The number of fused-ring (bicyclic) bond motifs is 1. The predicted octanol–water partition coefficient (Wildman–Crippen LogP) is 5.35. The molecule has 3 aromatic carbocycles. The Balaban J connectivity index is 1.61. The Hall–Kier alpha value is -4.52. The zero-order chi connectivity index (χ0) is 25.7. The molecule has 0 aliphatic carbocycles. The van der Waals surface area contributed by atoms with Gasteiger partial charge in [-0.2, -0.15) is 5.10 Å². The molecule has 7 nitrogen and oxygen atoms in total. The summed E-state index contributed by atoms with van der Waals surface area (Å²) in [7, 11) is 1.55. The quantitative estimate of drug-likeness (QED) is 0.218. The van der Waals surface area contributed by atoms with Gasteiger partial charge >= 0.3 is 5.97 Å². The van der Waals surface area contributed by atoms with E-state index in [0.29, 0.717) is 22.4 Å². The zero-order valence-corrected chi connectivity index (χ0v) is 20.7. The van der Waals surface area contributed by atoms with Crippen molar-refractivity contribution in [3.05, 3.63) is 94.5 Å². The number of aromatic nitrogens is 1. The maximum atomic E-state index is 13.2. The number of carbonyl (C=O) groups is 2. The first-order chi connectivity index (χ1) is 17.4. The van der Waals surface area contributed by atoms with Gasteiger partial charge in [-0.3, -0.25) is 9.59 Å². The monoisotopic (exact) mass is 481 g/mol. The van der Waals surface area contributed by atoms with Crippen molar-refractivity contribution in [3.63, 3.8) is 0 Å². The van der Waals surface area contributed by atoms with Gasteiger partial charge in [0.15, 0.2) is 0 Å². The molecule has 0 saturated carbocycles. The Morgan fingerprint density at radius 3 is 2.58 bits per heavy atom. The van der Waals surface area contributed by atoms with Gasteiger partial charge in [0.05, 0.1) is 30.1 Å². The van der Waals surface area contributed by atoms with Crippen molar-refractivity contribution in [2.45, 2.75) is 27.4 Å². The molecule has 4 aromatic rings. The molecule has 0 radical (unpaired) electrons. The molecule has 0 aliphatic heterocycles. The van der Waals surface area contributed by atoms with Crippen LogP contribution in [0, 0.1) is 13.8 Å². The minimum absolute atomic E-state index is 0.0801. The molecule has 4 rings (SSSR count). The lowest BCUT2D eigenvalue weighted by Gasteiger charge is -2.11. The Labute approximate surface area is 209 Å². The van der Waals surface area contributed by atoms with E-state index in [4.69, 9.17) is 14.5 Å². The summed E-state index contributed by atoms with van der Waals surface area (Å²) >= 11 is 0. The molecule has 1 N–H and O–H groups in total. The van der Waals surface area contributed by atoms with E-state index in [9.17, 15) is 9.59 Å². The van der Waals surface area contributed by atoms with Gasteiger partial charge in [-0.15, -0.1) is 0 Å². The highest BCUT2D eigenvalue weighted by atomic mass is 16.5. The van der Waals surface area contributed by atoms with E-state index in [1.165, 1.54) is 18.7 Å². The normalized spacial score (nSPS) is 11.0. The number of amides is 1. The van der Waals surface area contributed by atoms with Crippen LogP contribution in [0.3, 0.4) is 0 Å². The van der Waals surface area contributed by atoms with E-state index in [2.05, 4.69) is 16.6 Å². The summed E-state index contributed by atoms with van der Waals surface area (Å²) < 4.78 is 10.4. The Kier molecular flexibility index (Phi) is 7.39. The number of rotatable bonds is 7. The van der Waals surface area contributed by atoms with Crippen LogP contribution < -0.4 is 10.2 Å². The summed E-state index contributed by atoms with van der Waals surface area (Å²) in [5.74, 6) is -0.128. The molecule has 36 heavy (non-hydrogen) atoms. The topological polar surface area (TPSA) is 89.9 Å². The van der Waals surface area contributed by atoms with Gasteiger partial charge in [0, 0.05) is 23.4 Å². The summed E-state index contributed by atoms with van der Waals surface area (Å²) in [4.78, 5) is 29.2. The Morgan fingerprint density at radius 1 is 1.03 bits per heavy atom. The van der Waals surface area contributed by atoms with Crippen LogP contribution in [0.4, 0.5) is 0 Å². The summed E-state index contributed by atoms with van der Waals surface area (Å²) in [6, 6.07) is 20.9. The van der Waals surface area contributed by atoms with Crippen LogP contribution in [0.25, 0.3) is 22.2 Å². The second-order valence-electron chi connectivity index (χ2n) is 8.44. The first-order valence-electron chi connectivity index (χ1n) is 11.5. The number of hydrazone groups is 1. The van der Waals surface area contributed by atoms with Crippen molar-refractivity contribution in [2.24, 2.45) is 5.10 Å². The van der Waals surface area contributed by atoms with E-state index in [0.717, 1.165) is 27.7 Å². The number of nitrogens with zero attached hydrogens (tertiary/aromatic N) is 2. The highest BCUT2D eigenvalue weighted by molar-refractivity contribution is 6.07. The maximum absolute atomic E-state index is 13.2. The van der Waals surface area contributed by atoms with Gasteiger partial charge in [0.25, 0.3) is 5.91 Å². The molecule has 0 spiro atoms. The minimum Gasteiger partial charge on any atom is -0.496 e. The second kappa shape index (κ2) is 10.8. The largest absolute Gasteiger partial charge is 0.496 e. The number of esters is 1. The van der Waals surface area contributed by atoms with Crippen LogP contribution in [-0.2, 0) is 16.1 Å². The van der Waals surface area contributed by atoms with Gasteiger partial charge in [-0.1, -0.05) is 42.0 Å². The number of aryl methyl sites for hydroxylation is 2. The number of para-hydroxylation sites is 1. The molecule has 0 atom stereocenters. The van der Waals surface area contributed by atoms with Gasteiger partial charge in [0.2, 0.25) is 0 Å². The molecule has 1 aromatic heterocycles. The molecule has 7 heteroatoms. The van der Waals surface area contributed by atoms with E-state index < -0.39 is 0 Å². The van der Waals surface area contributed by atoms with Gasteiger partial charge in [-0.05, 0) is 55.3 Å². The average Bonchev–Trinajstić information content (AvgIpc) is 2.86. The number of nitrogens with one attached hydrogen (secondary N) is 1. The van der Waals surface area contributed by atoms with Crippen molar-refractivity contribution >= 4 is 29.0 Å². The number of pyridine rings is 1. The number of benzene rings is 3. The molecule has 0 unspecified atom stereocenters. The number of ether oxygens (including phenoxy) is 2. The van der Waals surface area contributed by atoms with Gasteiger partial charge < -0.3 is 9.47 Å². The first-order valence-corrected chi connectivity index (χ1v) is 11.5. The molecule has 0 bridgehead atoms. The smallest absolute Gasteiger partial charge is 0.302 e. The molecule has 0 saturated heterocycles. The second-order valence-corrected chi connectivity index (χ2v) is 8.44. The third kappa shape index (κ3) is 5.58. The van der Waals surface area contributed by atoms with Gasteiger partial charge in [0.1, 0.15) is 12.4 Å². The van der Waals surface area contributed by atoms with Crippen molar-refractivity contribution in [2.75, 3.05) is 7.11 Å². The van der Waals surface area contributed by atoms with Crippen LogP contribution in [0.2, 0.25) is 0 Å². The fourth-order valence-electron chi connectivity index (χ4n) is 4.00. The number of hydrogen-bond donors (Lipinski definition) is 1. The fourth-order valence-corrected chi connectivity index (χ4v) is 4.00. The highest BCUT2D eigenvalue weighted by Gasteiger charge is 2.15. The van der Waals surface area contributed by atoms with Crippen LogP contribution >= 0.6 is 0 Å². The summed E-state index contributed by atoms with van der Waals surface area (Å²) in [5.41, 5.74) is 9.21. The van der Waals surface area contributed by atoms with E-state index in [1.54, 1.807) is 31.4 Å². The third-order valence-electron chi connectivity index (χ3n) is 5.73. The maximum Gasteiger partial charge on any atom is 0.302 e. The summed E-state index contributed by atoms with van der Waals surface area (Å²) in [6.07, 6.45) is 1.53. The Bertz CT molecular complexity index is 1480. The number of hydrogen-bond acceptors (Lipinski definition) is 6. The standard InChI is InChI=1S/C29H27N3O4/c1-18-9-11-23(19(2)13-18)27-15-25(24-7-5-6-8-26(24)31-27)29(34)32-30-16-21-10-12-28(35-4)22(14-21)17-36-20(3)33/h5-16H,17H2,1-4H3,(H,32,34). The average molecular weight is 482 g/mol. The van der Waals surface area contributed by atoms with Crippen molar-refractivity contribution < 1.29 is 19.1 Å². The van der Waals surface area contributed by atoms with Gasteiger partial charge in [-0.25, -0.2) is 10.4 Å². The first kappa shape index (κ1) is 24.6. The van der Waals surface area contributed by atoms with Crippen molar-refractivity contribution in [1.82, 2.24) is 10.4 Å². The van der Waals surface area contributed by atoms with Crippen LogP contribution in [0.15, 0.2) is 71.8 Å². The van der Waals surface area contributed by atoms with Crippen LogP contribution in [-0.4, -0.2) is 30.2 Å². The molecule has 182 valence electrons. The van der Waals surface area contributed by atoms with E-state index >= 15 is 0 Å². The summed E-state index contributed by atoms with van der Waals surface area (Å²) in [6.45, 7) is 5.51. The Morgan fingerprint density at radius 2 is 1.83 bits per heavy atom. The molecular weight excluding hydrogens is 454 g/mol. The third-order valence-corrected chi connectivity index (χ3v) is 5.73. The van der Waals surface area contributed by atoms with Crippen LogP contribution in [0.1, 0.15) is 39.5 Å². The molecule has 0 aliphatic rings.